The molecular formula is C29H25N3O4. The molecule has 0 saturated carbocycles. The van der Waals surface area contributed by atoms with Crippen LogP contribution in [-0.4, -0.2) is 22.6 Å². The second kappa shape index (κ2) is 10.4. The predicted molar refractivity (Wildman–Crippen MR) is 135 cm³/mol. The minimum atomic E-state index is -0.591. The van der Waals surface area contributed by atoms with Gasteiger partial charge in [-0.2, -0.15) is 5.10 Å². The monoisotopic (exact) mass is 479 g/mol. The Hall–Kier alpha value is -4.52. The number of benzene rings is 2. The molecule has 2 aromatic carbocycles. The Morgan fingerprint density at radius 1 is 0.972 bits per heavy atom. The third kappa shape index (κ3) is 4.81. The topological polar surface area (TPSA) is 93.8 Å². The highest BCUT2D eigenvalue weighted by Gasteiger charge is 2.30. The molecule has 1 aliphatic carbocycles. The van der Waals surface area contributed by atoms with Gasteiger partial charge in [0.15, 0.2) is 0 Å². The van der Waals surface area contributed by atoms with Crippen molar-refractivity contribution >= 4 is 17.6 Å². The number of fused-ring (bicyclic) bond motifs is 1. The van der Waals surface area contributed by atoms with Crippen molar-refractivity contribution in [2.75, 3.05) is 0 Å². The fourth-order valence-corrected chi connectivity index (χ4v) is 4.51. The van der Waals surface area contributed by atoms with Gasteiger partial charge in [-0.15, -0.1) is 0 Å². The van der Waals surface area contributed by atoms with Gasteiger partial charge in [-0.05, 0) is 43.0 Å². The van der Waals surface area contributed by atoms with Gasteiger partial charge >= 0.3 is 5.97 Å². The van der Waals surface area contributed by atoms with Crippen LogP contribution in [0, 0.1) is 6.92 Å². The molecule has 2 heterocycles. The van der Waals surface area contributed by atoms with E-state index in [0.29, 0.717) is 35.6 Å². The van der Waals surface area contributed by atoms with Crippen molar-refractivity contribution in [3.63, 3.8) is 0 Å². The molecule has 7 heteroatoms. The quantitative estimate of drug-likeness (QED) is 0.303. The molecule has 7 nitrogen and oxygen atoms in total. The maximum atomic E-state index is 13.4. The molecule has 1 N–H and O–H groups in total. The lowest BCUT2D eigenvalue weighted by Crippen LogP contribution is -2.28. The molecular weight excluding hydrogens is 454 g/mol. The van der Waals surface area contributed by atoms with Crippen LogP contribution in [-0.2, 0) is 11.2 Å². The maximum absolute atomic E-state index is 13.4. The molecule has 0 aliphatic heterocycles. The number of ether oxygens (including phenoxy) is 1. The van der Waals surface area contributed by atoms with Crippen LogP contribution < -0.4 is 10.2 Å². The van der Waals surface area contributed by atoms with Crippen molar-refractivity contribution in [2.45, 2.75) is 32.1 Å². The Kier molecular flexibility index (Phi) is 6.71. The number of carbonyl (C=O) groups excluding carboxylic acids is 2. The van der Waals surface area contributed by atoms with E-state index in [0.717, 1.165) is 23.1 Å². The normalized spacial score (nSPS) is 13.9. The molecule has 5 rings (SSSR count). The zero-order valence-electron chi connectivity index (χ0n) is 19.8. The number of carbonyl (C=O) groups is 2. The summed E-state index contributed by atoms with van der Waals surface area (Å²) in [6.07, 6.45) is 5.21. The van der Waals surface area contributed by atoms with Gasteiger partial charge in [-0.1, -0.05) is 60.7 Å². The second-order valence-electron chi connectivity index (χ2n) is 8.58. The average molecular weight is 480 g/mol. The van der Waals surface area contributed by atoms with Crippen LogP contribution in [0.3, 0.4) is 0 Å². The summed E-state index contributed by atoms with van der Waals surface area (Å²) >= 11 is 0. The Balaban J connectivity index is 1.41. The molecule has 0 fully saturated rings. The van der Waals surface area contributed by atoms with Gasteiger partial charge in [-0.3, -0.25) is 9.78 Å². The van der Waals surface area contributed by atoms with Crippen molar-refractivity contribution in [2.24, 2.45) is 5.10 Å². The van der Waals surface area contributed by atoms with Gasteiger partial charge in [0.2, 0.25) is 5.76 Å². The summed E-state index contributed by atoms with van der Waals surface area (Å²) in [4.78, 5) is 30.1. The molecule has 0 radical (unpaired) electrons. The number of pyridine rings is 1. The van der Waals surface area contributed by atoms with Crippen LogP contribution in [0.25, 0.3) is 0 Å². The molecule has 180 valence electrons. The molecule has 0 unspecified atom stereocenters. The number of aromatic nitrogens is 1. The van der Waals surface area contributed by atoms with E-state index >= 15 is 0 Å². The van der Waals surface area contributed by atoms with Gasteiger partial charge in [0, 0.05) is 23.7 Å². The summed E-state index contributed by atoms with van der Waals surface area (Å²) < 4.78 is 11.3. The summed E-state index contributed by atoms with van der Waals surface area (Å²) in [5, 5.41) is 4.51. The summed E-state index contributed by atoms with van der Waals surface area (Å²) in [5.41, 5.74) is 6.63. The number of amides is 1. The van der Waals surface area contributed by atoms with E-state index in [1.807, 2.05) is 67.6 Å². The van der Waals surface area contributed by atoms with E-state index in [2.05, 4.69) is 15.5 Å². The van der Waals surface area contributed by atoms with Crippen LogP contribution in [0.5, 0.6) is 5.75 Å². The Bertz CT molecular complexity index is 1360. The molecule has 36 heavy (non-hydrogen) atoms. The number of esters is 1. The second-order valence-corrected chi connectivity index (χ2v) is 8.58. The Labute approximate surface area is 208 Å². The number of nitrogens with one attached hydrogen (secondary N) is 1. The van der Waals surface area contributed by atoms with E-state index in [1.54, 1.807) is 18.3 Å². The number of hydrogen-bond donors (Lipinski definition) is 1. The maximum Gasteiger partial charge on any atom is 0.379 e. The lowest BCUT2D eigenvalue weighted by atomic mass is 9.91. The molecule has 1 aliphatic rings. The van der Waals surface area contributed by atoms with E-state index in [9.17, 15) is 9.59 Å². The fourth-order valence-electron chi connectivity index (χ4n) is 4.51. The van der Waals surface area contributed by atoms with E-state index in [4.69, 9.17) is 9.15 Å². The Morgan fingerprint density at radius 2 is 1.67 bits per heavy atom. The average Bonchev–Trinajstić information content (AvgIpc) is 3.26. The first-order chi connectivity index (χ1) is 17.6. The summed E-state index contributed by atoms with van der Waals surface area (Å²) in [6, 6.07) is 22.6. The molecule has 0 bridgehead atoms. The minimum absolute atomic E-state index is 0.135. The molecule has 2 aromatic heterocycles. The first-order valence-electron chi connectivity index (χ1n) is 11.8. The highest BCUT2D eigenvalue weighted by Crippen LogP contribution is 2.31. The third-order valence-electron chi connectivity index (χ3n) is 6.19. The Morgan fingerprint density at radius 3 is 2.31 bits per heavy atom. The minimum Gasteiger partial charge on any atom is -0.453 e. The SMILES string of the molecule is Cc1c(C(=O)Oc2cccnc2)oc2c1/C(=N/NC(=O)C(c1ccccc1)c1ccccc1)CCC2. The van der Waals surface area contributed by atoms with E-state index in [-0.39, 0.29) is 11.7 Å². The summed E-state index contributed by atoms with van der Waals surface area (Å²) in [5.74, 6) is -0.180. The lowest BCUT2D eigenvalue weighted by Gasteiger charge is -2.18. The van der Waals surface area contributed by atoms with Gasteiger partial charge in [-0.25, -0.2) is 10.2 Å². The van der Waals surface area contributed by atoms with Gasteiger partial charge in [0.25, 0.3) is 5.91 Å². The number of nitrogens with zero attached hydrogens (tertiary/aromatic N) is 2. The zero-order chi connectivity index (χ0) is 24.9. The molecule has 0 atom stereocenters. The smallest absolute Gasteiger partial charge is 0.379 e. The van der Waals surface area contributed by atoms with Crippen LogP contribution in [0.4, 0.5) is 0 Å². The number of furan rings is 1. The van der Waals surface area contributed by atoms with Crippen LogP contribution >= 0.6 is 0 Å². The van der Waals surface area contributed by atoms with Crippen molar-refractivity contribution in [3.8, 4) is 5.75 Å². The highest BCUT2D eigenvalue weighted by atomic mass is 16.5. The fraction of sp³-hybridized carbons (Fsp3) is 0.172. The van der Waals surface area contributed by atoms with Crippen LogP contribution in [0.15, 0.2) is 94.7 Å². The molecule has 1 amide bonds. The van der Waals surface area contributed by atoms with E-state index < -0.39 is 11.9 Å². The van der Waals surface area contributed by atoms with Crippen LogP contribution in [0.1, 0.15) is 57.3 Å². The number of hydrazone groups is 1. The molecule has 4 aromatic rings. The number of aryl methyl sites for hydroxylation is 1. The first-order valence-corrected chi connectivity index (χ1v) is 11.8. The third-order valence-corrected chi connectivity index (χ3v) is 6.19. The predicted octanol–water partition coefficient (Wildman–Crippen LogP) is 5.19. The standard InChI is InChI=1S/C29H25N3O4/c1-19-25-23(15-8-16-24(25)36-27(19)29(34)35-22-14-9-17-30-18-22)31-32-28(33)26(20-10-4-2-5-11-20)21-12-6-3-7-13-21/h2-7,9-14,17-18,26H,8,15-16H2,1H3,(H,32,33)/b31-23+. The van der Waals surface area contributed by atoms with Gasteiger partial charge in [0.1, 0.15) is 11.5 Å². The highest BCUT2D eigenvalue weighted by molar-refractivity contribution is 6.06. The summed E-state index contributed by atoms with van der Waals surface area (Å²) in [7, 11) is 0. The molecule has 0 spiro atoms. The number of hydrogen-bond acceptors (Lipinski definition) is 6. The van der Waals surface area contributed by atoms with Crippen molar-refractivity contribution in [3.05, 3.63) is 119 Å². The van der Waals surface area contributed by atoms with E-state index in [1.165, 1.54) is 6.20 Å². The largest absolute Gasteiger partial charge is 0.453 e. The van der Waals surface area contributed by atoms with Crippen LogP contribution in [0.2, 0.25) is 0 Å². The number of rotatable bonds is 6. The van der Waals surface area contributed by atoms with Crippen molar-refractivity contribution < 1.29 is 18.7 Å². The van der Waals surface area contributed by atoms with Gasteiger partial charge < -0.3 is 9.15 Å². The molecule has 0 saturated heterocycles. The van der Waals surface area contributed by atoms with Crippen molar-refractivity contribution in [1.82, 2.24) is 10.4 Å². The summed E-state index contributed by atoms with van der Waals surface area (Å²) in [6.45, 7) is 1.81. The lowest BCUT2D eigenvalue weighted by molar-refractivity contribution is -0.121. The first kappa shape index (κ1) is 23.2. The van der Waals surface area contributed by atoms with Gasteiger partial charge in [0.05, 0.1) is 17.8 Å². The van der Waals surface area contributed by atoms with Crippen molar-refractivity contribution in [1.29, 1.82) is 0 Å². The zero-order valence-corrected chi connectivity index (χ0v) is 19.8.